The van der Waals surface area contributed by atoms with Gasteiger partial charge in [-0.05, 0) is 0 Å². The van der Waals surface area contributed by atoms with Crippen molar-refractivity contribution in [3.63, 3.8) is 0 Å². The standard InChI is InChI=1S/Ag.Au.Bi.Pb.Sb.7H. The summed E-state index contributed by atoms with van der Waals surface area (Å²) in [6.07, 6.45) is 0. The van der Waals surface area contributed by atoms with Crippen molar-refractivity contribution in [1.29, 1.82) is 0 Å². The molecule has 0 aliphatic rings. The summed E-state index contributed by atoms with van der Waals surface area (Å²) in [4.78, 5) is 0. The molecule has 3 radical (unpaired) electrons. The second-order valence-corrected chi connectivity index (χ2v) is 0. The van der Waals surface area contributed by atoms with Crippen molar-refractivity contribution in [1.82, 2.24) is 0 Å². The van der Waals surface area contributed by atoms with Crippen LogP contribution in [0.15, 0.2) is 0 Å². The Labute approximate surface area is 109 Å². The van der Waals surface area contributed by atoms with Crippen LogP contribution in [0.3, 0.4) is 0 Å². The van der Waals surface area contributed by atoms with Gasteiger partial charge in [-0.1, -0.05) is 0 Å². The molecule has 0 spiro atoms. The van der Waals surface area contributed by atoms with Crippen LogP contribution in [0.2, 0.25) is 0 Å². The van der Waals surface area contributed by atoms with Crippen molar-refractivity contribution >= 4 is 72.9 Å². The average Bonchev–Trinajstić information content (AvgIpc) is 1.00. The summed E-state index contributed by atoms with van der Waals surface area (Å²) in [6, 6.07) is 0. The van der Waals surface area contributed by atoms with Crippen LogP contribution in [0, 0.1) is 0 Å². The van der Waals surface area contributed by atoms with Crippen molar-refractivity contribution < 1.29 is 39.5 Å². The molecule has 0 atom stereocenters. The topological polar surface area (TPSA) is 0 Å². The maximum atomic E-state index is 2.41. The molecule has 0 heterocycles. The third kappa shape index (κ3) is 17.9. The minimum absolute atomic E-state index is 0. The van der Waals surface area contributed by atoms with Gasteiger partial charge in [-0.2, -0.15) is 0 Å². The molecule has 0 fully saturated rings. The molecule has 0 unspecified atom stereocenters. The zero-order chi connectivity index (χ0) is 2.00. The van der Waals surface area contributed by atoms with E-state index in [0.717, 1.165) is 0 Å². The summed E-state index contributed by atoms with van der Waals surface area (Å²) in [5, 5.41) is 0. The van der Waals surface area contributed by atoms with Gasteiger partial charge in [-0.25, -0.2) is 0 Å². The van der Waals surface area contributed by atoms with Crippen molar-refractivity contribution in [2.45, 2.75) is 0 Å². The predicted octanol–water partition coefficient (Wildman–Crippen LogP) is -3.02. The number of hydrogen-bond donors (Lipinski definition) is 0. The Morgan fingerprint density at radius 1 is 1.20 bits per heavy atom. The Hall–Kier alpha value is 4.10. The van der Waals surface area contributed by atoms with Gasteiger partial charge in [0, 0.05) is 22.4 Å². The first-order valence-electron chi connectivity index (χ1n) is 0.174. The summed E-state index contributed by atoms with van der Waals surface area (Å²) < 4.78 is 0. The molecule has 0 aromatic heterocycles. The van der Waals surface area contributed by atoms with E-state index >= 15 is 0 Å². The molecule has 0 bridgehead atoms. The molecular weight excluding hydrogens is 843 g/mol. The Balaban J connectivity index is -0.00000000167. The van der Waals surface area contributed by atoms with Crippen molar-refractivity contribution in [2.75, 3.05) is 0 Å². The van der Waals surface area contributed by atoms with Gasteiger partial charge in [0.15, 0.2) is 0 Å². The minimum atomic E-state index is 0. The fraction of sp³-hybridized carbons (Fsp3) is 0. The van der Waals surface area contributed by atoms with Crippen LogP contribution >= 0.6 is 0 Å². The Morgan fingerprint density at radius 2 is 1.20 bits per heavy atom. The predicted molar refractivity (Wildman–Crippen MR) is 27.0 cm³/mol. The zero-order valence-electron chi connectivity index (χ0n) is 2.59. The average molecular weight is 850 g/mol. The third-order valence-electron chi connectivity index (χ3n) is 0. The SMILES string of the molecule is [Ag].[BiH3].[PbH2].[SbH2][Au]. The van der Waals surface area contributed by atoms with Crippen LogP contribution in [0.5, 0.6) is 0 Å². The van der Waals surface area contributed by atoms with Gasteiger partial charge < -0.3 is 0 Å². The summed E-state index contributed by atoms with van der Waals surface area (Å²) >= 11 is 3.70. The van der Waals surface area contributed by atoms with Gasteiger partial charge in [0.05, 0.1) is 0 Å². The van der Waals surface area contributed by atoms with Crippen LogP contribution < -0.4 is 0 Å². The molecule has 0 rings (SSSR count). The fourth-order valence-corrected chi connectivity index (χ4v) is 0. The molecule has 0 N–H and O–H groups in total. The van der Waals surface area contributed by atoms with Crippen LogP contribution in [-0.2, 0) is 39.5 Å². The van der Waals surface area contributed by atoms with Gasteiger partial charge in [0.1, 0.15) is 0 Å². The molecule has 0 amide bonds. The first-order chi connectivity index (χ1) is 1.00. The van der Waals surface area contributed by atoms with E-state index in [1.54, 1.807) is 0 Å². The first-order valence-corrected chi connectivity index (χ1v) is 9.56. The Bertz CT molecular complexity index is 11.6. The van der Waals surface area contributed by atoms with Crippen LogP contribution in [0.1, 0.15) is 0 Å². The van der Waals surface area contributed by atoms with Gasteiger partial charge in [0.2, 0.25) is 0 Å². The van der Waals surface area contributed by atoms with Crippen LogP contribution in [0.4, 0.5) is 0 Å². The second kappa shape index (κ2) is 24.3. The van der Waals surface area contributed by atoms with Crippen molar-refractivity contribution in [3.05, 3.63) is 0 Å². The van der Waals surface area contributed by atoms with Crippen LogP contribution in [-0.4, -0.2) is 72.9 Å². The third-order valence-corrected chi connectivity index (χ3v) is 0. The van der Waals surface area contributed by atoms with Gasteiger partial charge in [-0.3, -0.25) is 0 Å². The van der Waals surface area contributed by atoms with E-state index in [0.29, 0.717) is 0 Å². The molecule has 0 aliphatic carbocycles. The zero-order valence-corrected chi connectivity index (χ0v) is 20.5. The van der Waals surface area contributed by atoms with Crippen molar-refractivity contribution in [3.8, 4) is 0 Å². The molecule has 5 heteroatoms. The van der Waals surface area contributed by atoms with E-state index in [1.807, 2.05) is 0 Å². The van der Waals surface area contributed by atoms with E-state index in [1.165, 1.54) is 19.4 Å². The normalized spacial score (nSPS) is 1.40. The molecule has 0 aliphatic heterocycles. The van der Waals surface area contributed by atoms with E-state index in [9.17, 15) is 0 Å². The summed E-state index contributed by atoms with van der Waals surface area (Å²) in [5.41, 5.74) is 0. The molecule has 5 heavy (non-hydrogen) atoms. The first kappa shape index (κ1) is 23.0. The van der Waals surface area contributed by atoms with E-state index in [-0.39, 0.29) is 75.9 Å². The second-order valence-electron chi connectivity index (χ2n) is 0. The fourth-order valence-electron chi connectivity index (χ4n) is 0. The molecule has 0 saturated heterocycles. The summed E-state index contributed by atoms with van der Waals surface area (Å²) in [7, 11) is 0. The summed E-state index contributed by atoms with van der Waals surface area (Å²) in [6.45, 7) is 0. The quantitative estimate of drug-likeness (QED) is 0.228. The molecule has 0 saturated carbocycles. The number of hydrogen-bond acceptors (Lipinski definition) is 0. The molecule has 0 nitrogen and oxygen atoms in total. The Kier molecular flexibility index (Phi) is 111. The van der Waals surface area contributed by atoms with Gasteiger partial charge in [-0.15, -0.1) is 0 Å². The molecular formula is H7AgAuBiPbSb. The maximum absolute atomic E-state index is 2.41. The van der Waals surface area contributed by atoms with E-state index in [4.69, 9.17) is 0 Å². The van der Waals surface area contributed by atoms with Gasteiger partial charge >= 0.3 is 90.1 Å². The number of rotatable bonds is 0. The van der Waals surface area contributed by atoms with E-state index in [2.05, 4.69) is 17.1 Å². The molecule has 0 aromatic carbocycles. The van der Waals surface area contributed by atoms with E-state index < -0.39 is 0 Å². The molecule has 43 valence electrons. The Morgan fingerprint density at radius 3 is 1.20 bits per heavy atom. The van der Waals surface area contributed by atoms with Crippen molar-refractivity contribution in [2.24, 2.45) is 0 Å². The monoisotopic (exact) mass is 849 g/mol. The molecule has 0 aromatic rings. The van der Waals surface area contributed by atoms with Gasteiger partial charge in [0.25, 0.3) is 0 Å². The van der Waals surface area contributed by atoms with Crippen LogP contribution in [0.25, 0.3) is 0 Å². The summed E-state index contributed by atoms with van der Waals surface area (Å²) in [5.74, 6) is 0.